The number of hydrogen-bond acceptors (Lipinski definition) is 5. The summed E-state index contributed by atoms with van der Waals surface area (Å²) in [7, 11) is 1.67. The molecule has 3 heterocycles. The van der Waals surface area contributed by atoms with E-state index >= 15 is 0 Å². The number of hydrogen-bond donors (Lipinski definition) is 1. The van der Waals surface area contributed by atoms with Gasteiger partial charge in [0.25, 0.3) is 0 Å². The highest BCUT2D eigenvalue weighted by Gasteiger charge is 2.19. The zero-order chi connectivity index (χ0) is 19.9. The highest BCUT2D eigenvalue weighted by Crippen LogP contribution is 2.15. The van der Waals surface area contributed by atoms with Crippen LogP contribution in [-0.4, -0.2) is 34.4 Å². The number of nitrogens with one attached hydrogen (secondary N) is 1. The summed E-state index contributed by atoms with van der Waals surface area (Å²) >= 11 is 0. The Hall–Kier alpha value is -3.00. The van der Waals surface area contributed by atoms with Gasteiger partial charge in [-0.3, -0.25) is 4.68 Å². The SMILES string of the molecule is COCCn1nc(C)c(CNC(=O)N(Cc2ccco2)Cc2ccco2)c1C. The molecule has 0 fully saturated rings. The third-order valence-corrected chi connectivity index (χ3v) is 4.60. The van der Waals surface area contributed by atoms with Crippen molar-refractivity contribution in [2.75, 3.05) is 13.7 Å². The van der Waals surface area contributed by atoms with Crippen molar-refractivity contribution in [3.63, 3.8) is 0 Å². The number of methoxy groups -OCH3 is 1. The lowest BCUT2D eigenvalue weighted by Gasteiger charge is -2.21. The normalized spacial score (nSPS) is 11.0. The first-order valence-corrected chi connectivity index (χ1v) is 9.18. The maximum absolute atomic E-state index is 12.9. The smallest absolute Gasteiger partial charge is 0.318 e. The summed E-state index contributed by atoms with van der Waals surface area (Å²) in [6.07, 6.45) is 3.19. The molecule has 8 heteroatoms. The minimum atomic E-state index is -0.198. The second kappa shape index (κ2) is 9.27. The Morgan fingerprint density at radius 3 is 2.36 bits per heavy atom. The number of rotatable bonds is 9. The number of furan rings is 2. The number of carbonyl (C=O) groups excluding carboxylic acids is 1. The highest BCUT2D eigenvalue weighted by atomic mass is 16.5. The van der Waals surface area contributed by atoms with Gasteiger partial charge >= 0.3 is 6.03 Å². The van der Waals surface area contributed by atoms with Crippen molar-refractivity contribution in [2.45, 2.75) is 40.0 Å². The van der Waals surface area contributed by atoms with Crippen LogP contribution in [0.4, 0.5) is 4.79 Å². The molecule has 3 aromatic rings. The summed E-state index contributed by atoms with van der Waals surface area (Å²) in [5.41, 5.74) is 2.94. The number of carbonyl (C=O) groups is 1. The van der Waals surface area contributed by atoms with Gasteiger partial charge in [0, 0.05) is 24.9 Å². The van der Waals surface area contributed by atoms with E-state index in [0.29, 0.717) is 44.3 Å². The van der Waals surface area contributed by atoms with Crippen molar-refractivity contribution < 1.29 is 18.4 Å². The first-order valence-electron chi connectivity index (χ1n) is 9.18. The number of aromatic nitrogens is 2. The molecule has 8 nitrogen and oxygen atoms in total. The molecule has 3 aromatic heterocycles. The molecule has 0 atom stereocenters. The second-order valence-electron chi connectivity index (χ2n) is 6.54. The average Bonchev–Trinajstić information content (AvgIpc) is 3.42. The third kappa shape index (κ3) is 4.83. The Labute approximate surface area is 164 Å². The molecule has 150 valence electrons. The zero-order valence-electron chi connectivity index (χ0n) is 16.5. The van der Waals surface area contributed by atoms with Crippen molar-refractivity contribution in [1.29, 1.82) is 0 Å². The standard InChI is InChI=1S/C20H26N4O4/c1-15-19(16(2)24(22-15)8-11-26-3)12-21-20(25)23(13-17-6-4-9-27-17)14-18-7-5-10-28-18/h4-7,9-10H,8,11-14H2,1-3H3,(H,21,25). The molecule has 2 amide bonds. The lowest BCUT2D eigenvalue weighted by atomic mass is 10.2. The van der Waals surface area contributed by atoms with Gasteiger partial charge in [-0.25, -0.2) is 4.79 Å². The number of nitrogens with zero attached hydrogens (tertiary/aromatic N) is 3. The van der Waals surface area contributed by atoms with E-state index in [1.165, 1.54) is 0 Å². The number of aryl methyl sites for hydroxylation is 1. The zero-order valence-corrected chi connectivity index (χ0v) is 16.5. The van der Waals surface area contributed by atoms with Gasteiger partial charge in [-0.05, 0) is 38.1 Å². The molecule has 0 aromatic carbocycles. The van der Waals surface area contributed by atoms with Gasteiger partial charge in [0.2, 0.25) is 0 Å². The Morgan fingerprint density at radius 2 is 1.82 bits per heavy atom. The van der Waals surface area contributed by atoms with Crippen LogP contribution in [0.5, 0.6) is 0 Å². The molecule has 0 spiro atoms. The fourth-order valence-corrected chi connectivity index (χ4v) is 3.04. The second-order valence-corrected chi connectivity index (χ2v) is 6.54. The summed E-state index contributed by atoms with van der Waals surface area (Å²) in [6, 6.07) is 7.10. The molecule has 0 radical (unpaired) electrons. The van der Waals surface area contributed by atoms with E-state index in [2.05, 4.69) is 10.4 Å². The van der Waals surface area contributed by atoms with Crippen LogP contribution in [0.25, 0.3) is 0 Å². The topological polar surface area (TPSA) is 85.7 Å². The van der Waals surface area contributed by atoms with E-state index in [1.807, 2.05) is 30.7 Å². The van der Waals surface area contributed by atoms with Gasteiger partial charge in [-0.1, -0.05) is 0 Å². The van der Waals surface area contributed by atoms with Crippen LogP contribution in [0.15, 0.2) is 45.6 Å². The van der Waals surface area contributed by atoms with Crippen LogP contribution >= 0.6 is 0 Å². The fraction of sp³-hybridized carbons (Fsp3) is 0.400. The van der Waals surface area contributed by atoms with Gasteiger partial charge in [-0.15, -0.1) is 0 Å². The van der Waals surface area contributed by atoms with Crippen molar-refractivity contribution >= 4 is 6.03 Å². The maximum Gasteiger partial charge on any atom is 0.318 e. The molecule has 1 N–H and O–H groups in total. The Bertz CT molecular complexity index is 832. The molecule has 28 heavy (non-hydrogen) atoms. The molecule has 0 aliphatic carbocycles. The van der Waals surface area contributed by atoms with E-state index in [-0.39, 0.29) is 6.03 Å². The van der Waals surface area contributed by atoms with Crippen LogP contribution in [0.2, 0.25) is 0 Å². The van der Waals surface area contributed by atoms with E-state index in [0.717, 1.165) is 17.0 Å². The minimum absolute atomic E-state index is 0.198. The van der Waals surface area contributed by atoms with Crippen molar-refractivity contribution in [1.82, 2.24) is 20.0 Å². The van der Waals surface area contributed by atoms with Crippen LogP contribution in [0, 0.1) is 13.8 Å². The lowest BCUT2D eigenvalue weighted by molar-refractivity contribution is 0.181. The van der Waals surface area contributed by atoms with E-state index < -0.39 is 0 Å². The molecule has 3 rings (SSSR count). The number of urea groups is 1. The highest BCUT2D eigenvalue weighted by molar-refractivity contribution is 5.74. The quantitative estimate of drug-likeness (QED) is 0.610. The largest absolute Gasteiger partial charge is 0.467 e. The molecule has 0 aliphatic heterocycles. The van der Waals surface area contributed by atoms with Crippen LogP contribution in [0.3, 0.4) is 0 Å². The Kier molecular flexibility index (Phi) is 6.54. The average molecular weight is 386 g/mol. The fourth-order valence-electron chi connectivity index (χ4n) is 3.04. The van der Waals surface area contributed by atoms with Crippen molar-refractivity contribution in [3.8, 4) is 0 Å². The first kappa shape index (κ1) is 19.8. The minimum Gasteiger partial charge on any atom is -0.467 e. The van der Waals surface area contributed by atoms with Crippen molar-refractivity contribution in [2.24, 2.45) is 0 Å². The Balaban J connectivity index is 1.67. The first-order chi connectivity index (χ1) is 13.6. The molecule has 0 unspecified atom stereocenters. The van der Waals surface area contributed by atoms with Gasteiger partial charge in [-0.2, -0.15) is 5.10 Å². The van der Waals surface area contributed by atoms with Gasteiger partial charge in [0.15, 0.2) is 0 Å². The lowest BCUT2D eigenvalue weighted by Crippen LogP contribution is -2.38. The molecule has 0 aliphatic rings. The van der Waals surface area contributed by atoms with E-state index in [1.54, 1.807) is 36.7 Å². The summed E-state index contributed by atoms with van der Waals surface area (Å²) < 4.78 is 17.8. The number of ether oxygens (including phenoxy) is 1. The molecular weight excluding hydrogens is 360 g/mol. The third-order valence-electron chi connectivity index (χ3n) is 4.60. The summed E-state index contributed by atoms with van der Waals surface area (Å²) in [4.78, 5) is 14.5. The predicted octanol–water partition coefficient (Wildman–Crippen LogP) is 3.24. The predicted molar refractivity (Wildman–Crippen MR) is 102 cm³/mol. The summed E-state index contributed by atoms with van der Waals surface area (Å²) in [5.74, 6) is 1.42. The maximum atomic E-state index is 12.9. The van der Waals surface area contributed by atoms with E-state index in [4.69, 9.17) is 13.6 Å². The Morgan fingerprint density at radius 1 is 1.18 bits per heavy atom. The van der Waals surface area contributed by atoms with Crippen molar-refractivity contribution in [3.05, 3.63) is 65.3 Å². The van der Waals surface area contributed by atoms with Gasteiger partial charge in [0.1, 0.15) is 11.5 Å². The monoisotopic (exact) mass is 386 g/mol. The molecule has 0 saturated heterocycles. The van der Waals surface area contributed by atoms with E-state index in [9.17, 15) is 4.79 Å². The van der Waals surface area contributed by atoms with Crippen LogP contribution < -0.4 is 5.32 Å². The molecule has 0 bridgehead atoms. The summed E-state index contributed by atoms with van der Waals surface area (Å²) in [5, 5.41) is 7.53. The number of amides is 2. The van der Waals surface area contributed by atoms with Gasteiger partial charge in [0.05, 0.1) is 44.5 Å². The summed E-state index contributed by atoms with van der Waals surface area (Å²) in [6.45, 7) is 6.32. The van der Waals surface area contributed by atoms with Gasteiger partial charge < -0.3 is 23.8 Å². The molecule has 0 saturated carbocycles. The molecular formula is C20H26N4O4. The van der Waals surface area contributed by atoms with Crippen LogP contribution in [0.1, 0.15) is 28.5 Å². The van der Waals surface area contributed by atoms with Crippen LogP contribution in [-0.2, 0) is 30.9 Å².